The zero-order valence-corrected chi connectivity index (χ0v) is 11.8. The monoisotopic (exact) mass is 244 g/mol. The third-order valence-corrected chi connectivity index (χ3v) is 3.28. The van der Waals surface area contributed by atoms with E-state index >= 15 is 0 Å². The normalized spacial score (nSPS) is 16.5. The van der Waals surface area contributed by atoms with Crippen LogP contribution in [0.5, 0.6) is 0 Å². The first-order valence-corrected chi connectivity index (χ1v) is 6.69. The molecule has 1 aliphatic carbocycles. The lowest BCUT2D eigenvalue weighted by molar-refractivity contribution is -0.135. The van der Waals surface area contributed by atoms with E-state index < -0.39 is 0 Å². The molecule has 0 aromatic carbocycles. The average Bonchev–Trinajstić information content (AvgIpc) is 2.37. The standard InChI is InChI=1S/C8H16.C6H12O3/c1-2-8-6-4-3-5-7-8;1-5(7)4-6(8-2)9-3/h8H,2-7H2,1H3;6H,4H2,1-3H3. The minimum Gasteiger partial charge on any atom is -0.355 e. The number of ether oxygens (including phenoxy) is 2. The SMILES string of the molecule is CCC1CCCCC1.COC(CC(C)=O)OC. The Morgan fingerprint density at radius 1 is 1.18 bits per heavy atom. The first-order valence-electron chi connectivity index (χ1n) is 6.69. The largest absolute Gasteiger partial charge is 0.355 e. The van der Waals surface area contributed by atoms with Crippen LogP contribution >= 0.6 is 0 Å². The lowest BCUT2D eigenvalue weighted by Gasteiger charge is -2.18. The number of ketones is 1. The van der Waals surface area contributed by atoms with Crippen molar-refractivity contribution in [2.45, 2.75) is 65.1 Å². The van der Waals surface area contributed by atoms with Gasteiger partial charge in [-0.05, 0) is 12.8 Å². The quantitative estimate of drug-likeness (QED) is 0.694. The van der Waals surface area contributed by atoms with E-state index in [-0.39, 0.29) is 12.1 Å². The minimum atomic E-state index is -0.373. The van der Waals surface area contributed by atoms with E-state index in [1.54, 1.807) is 0 Å². The van der Waals surface area contributed by atoms with Gasteiger partial charge < -0.3 is 9.47 Å². The summed E-state index contributed by atoms with van der Waals surface area (Å²) in [5.74, 6) is 1.16. The van der Waals surface area contributed by atoms with E-state index in [1.165, 1.54) is 59.7 Å². The van der Waals surface area contributed by atoms with E-state index in [4.69, 9.17) is 9.47 Å². The van der Waals surface area contributed by atoms with Gasteiger partial charge >= 0.3 is 0 Å². The Bertz CT molecular complexity index is 182. The lowest BCUT2D eigenvalue weighted by Crippen LogP contribution is -2.16. The van der Waals surface area contributed by atoms with E-state index in [0.717, 1.165) is 5.92 Å². The molecule has 17 heavy (non-hydrogen) atoms. The van der Waals surface area contributed by atoms with Gasteiger partial charge in [0.05, 0.1) is 6.42 Å². The number of carbonyl (C=O) groups excluding carboxylic acids is 1. The van der Waals surface area contributed by atoms with Crippen molar-refractivity contribution in [3.8, 4) is 0 Å². The summed E-state index contributed by atoms with van der Waals surface area (Å²) in [4.78, 5) is 10.4. The Morgan fingerprint density at radius 3 is 1.94 bits per heavy atom. The van der Waals surface area contributed by atoms with Crippen LogP contribution in [0.15, 0.2) is 0 Å². The number of carbonyl (C=O) groups is 1. The van der Waals surface area contributed by atoms with Crippen molar-refractivity contribution in [3.05, 3.63) is 0 Å². The lowest BCUT2D eigenvalue weighted by atomic mass is 9.88. The molecule has 1 rings (SSSR count). The highest BCUT2D eigenvalue weighted by Crippen LogP contribution is 2.25. The van der Waals surface area contributed by atoms with Gasteiger partial charge in [-0.2, -0.15) is 0 Å². The summed E-state index contributed by atoms with van der Waals surface area (Å²) in [5, 5.41) is 0. The van der Waals surface area contributed by atoms with Crippen LogP contribution in [0.25, 0.3) is 0 Å². The molecule has 0 unspecified atom stereocenters. The van der Waals surface area contributed by atoms with Crippen molar-refractivity contribution in [1.29, 1.82) is 0 Å². The van der Waals surface area contributed by atoms with E-state index in [0.29, 0.717) is 6.42 Å². The zero-order valence-electron chi connectivity index (χ0n) is 11.8. The predicted octanol–water partition coefficient (Wildman–Crippen LogP) is 3.56. The Hall–Kier alpha value is -0.410. The summed E-state index contributed by atoms with van der Waals surface area (Å²) >= 11 is 0. The van der Waals surface area contributed by atoms with Gasteiger partial charge in [0.1, 0.15) is 5.78 Å². The van der Waals surface area contributed by atoms with Gasteiger partial charge in [-0.1, -0.05) is 45.4 Å². The molecular weight excluding hydrogens is 216 g/mol. The van der Waals surface area contributed by atoms with Crippen molar-refractivity contribution in [2.75, 3.05) is 14.2 Å². The first-order chi connectivity index (χ1) is 8.13. The van der Waals surface area contributed by atoms with Crippen molar-refractivity contribution in [2.24, 2.45) is 5.92 Å². The van der Waals surface area contributed by atoms with E-state index in [9.17, 15) is 4.79 Å². The van der Waals surface area contributed by atoms with Crippen LogP contribution < -0.4 is 0 Å². The molecule has 3 nitrogen and oxygen atoms in total. The second-order valence-corrected chi connectivity index (χ2v) is 4.72. The van der Waals surface area contributed by atoms with E-state index in [1.807, 2.05) is 0 Å². The van der Waals surface area contributed by atoms with Crippen LogP contribution in [0.3, 0.4) is 0 Å². The molecule has 1 fully saturated rings. The Morgan fingerprint density at radius 2 is 1.71 bits per heavy atom. The van der Waals surface area contributed by atoms with Crippen molar-refractivity contribution >= 4 is 5.78 Å². The maximum absolute atomic E-state index is 10.4. The summed E-state index contributed by atoms with van der Waals surface area (Å²) in [7, 11) is 3.02. The molecule has 0 atom stereocenters. The smallest absolute Gasteiger partial charge is 0.163 e. The molecule has 1 saturated carbocycles. The Balaban J connectivity index is 0.000000302. The van der Waals surface area contributed by atoms with Crippen LogP contribution in [0, 0.1) is 5.92 Å². The molecule has 0 N–H and O–H groups in total. The molecule has 0 spiro atoms. The maximum atomic E-state index is 10.4. The van der Waals surface area contributed by atoms with Gasteiger partial charge in [0.2, 0.25) is 0 Å². The summed E-state index contributed by atoms with van der Waals surface area (Å²) in [6, 6.07) is 0. The third kappa shape index (κ3) is 9.31. The Labute approximate surface area is 106 Å². The molecule has 102 valence electrons. The minimum absolute atomic E-state index is 0.0729. The first kappa shape index (κ1) is 16.6. The molecule has 0 saturated heterocycles. The average molecular weight is 244 g/mol. The molecule has 3 heteroatoms. The molecule has 0 heterocycles. The van der Waals surface area contributed by atoms with Gasteiger partial charge in [-0.25, -0.2) is 0 Å². The van der Waals surface area contributed by atoms with Gasteiger partial charge in [0.15, 0.2) is 6.29 Å². The van der Waals surface area contributed by atoms with E-state index in [2.05, 4.69) is 6.92 Å². The maximum Gasteiger partial charge on any atom is 0.163 e. The highest BCUT2D eigenvalue weighted by molar-refractivity contribution is 5.75. The van der Waals surface area contributed by atoms with Gasteiger partial charge in [-0.15, -0.1) is 0 Å². The predicted molar refractivity (Wildman–Crippen MR) is 70.0 cm³/mol. The fourth-order valence-electron chi connectivity index (χ4n) is 2.09. The zero-order chi connectivity index (χ0) is 13.1. The number of hydrogen-bond acceptors (Lipinski definition) is 3. The molecule has 1 aliphatic rings. The fraction of sp³-hybridized carbons (Fsp3) is 0.929. The summed E-state index contributed by atoms with van der Waals surface area (Å²) in [6.45, 7) is 3.82. The molecule has 0 amide bonds. The van der Waals surface area contributed by atoms with Gasteiger partial charge in [-0.3, -0.25) is 4.79 Å². The number of hydrogen-bond donors (Lipinski definition) is 0. The summed E-state index contributed by atoms with van der Waals surface area (Å²) < 4.78 is 9.53. The fourth-order valence-corrected chi connectivity index (χ4v) is 2.09. The number of rotatable bonds is 5. The van der Waals surface area contributed by atoms with Gasteiger partial charge in [0.25, 0.3) is 0 Å². The highest BCUT2D eigenvalue weighted by Gasteiger charge is 2.09. The van der Waals surface area contributed by atoms with Crippen LogP contribution in [-0.4, -0.2) is 26.3 Å². The second-order valence-electron chi connectivity index (χ2n) is 4.72. The number of Topliss-reactive ketones (excluding diaryl/α,β-unsaturated/α-hetero) is 1. The molecular formula is C14H28O3. The molecule has 0 bridgehead atoms. The molecule has 0 aliphatic heterocycles. The molecule has 0 radical (unpaired) electrons. The van der Waals surface area contributed by atoms with Crippen molar-refractivity contribution in [1.82, 2.24) is 0 Å². The topological polar surface area (TPSA) is 35.5 Å². The third-order valence-electron chi connectivity index (χ3n) is 3.28. The summed E-state index contributed by atoms with van der Waals surface area (Å²) in [6.07, 6.45) is 8.88. The van der Waals surface area contributed by atoms with Crippen LogP contribution in [-0.2, 0) is 14.3 Å². The van der Waals surface area contributed by atoms with Crippen molar-refractivity contribution < 1.29 is 14.3 Å². The van der Waals surface area contributed by atoms with Crippen LogP contribution in [0.1, 0.15) is 58.8 Å². The molecule has 0 aromatic rings. The van der Waals surface area contributed by atoms with Crippen LogP contribution in [0.4, 0.5) is 0 Å². The van der Waals surface area contributed by atoms with Gasteiger partial charge in [0, 0.05) is 14.2 Å². The summed E-state index contributed by atoms with van der Waals surface area (Å²) in [5.41, 5.74) is 0. The van der Waals surface area contributed by atoms with Crippen LogP contribution in [0.2, 0.25) is 0 Å². The van der Waals surface area contributed by atoms with Crippen molar-refractivity contribution in [3.63, 3.8) is 0 Å². The second kappa shape index (κ2) is 10.7. The molecule has 0 aromatic heterocycles. The number of methoxy groups -OCH3 is 2. The Kier molecular flexibility index (Phi) is 10.5. The highest BCUT2D eigenvalue weighted by atomic mass is 16.7.